The van der Waals surface area contributed by atoms with Gasteiger partial charge in [0, 0.05) is 28.5 Å². The van der Waals surface area contributed by atoms with E-state index in [0.717, 1.165) is 15.6 Å². The maximum Gasteiger partial charge on any atom is 0.241 e. The minimum absolute atomic E-state index is 0.0492. The zero-order chi connectivity index (χ0) is 20.4. The summed E-state index contributed by atoms with van der Waals surface area (Å²) in [4.78, 5) is 14.4. The van der Waals surface area contributed by atoms with Gasteiger partial charge in [0.25, 0.3) is 0 Å². The van der Waals surface area contributed by atoms with Gasteiger partial charge in [-0.1, -0.05) is 35.8 Å². The molecule has 0 spiro atoms. The Morgan fingerprint density at radius 3 is 2.61 bits per heavy atom. The van der Waals surface area contributed by atoms with Crippen LogP contribution in [0.4, 0.5) is 10.1 Å². The molecule has 1 aliphatic heterocycles. The molecular formula is C20H20BrFN2O3S. The number of nitrogens with zero attached hydrogens (tertiary/aromatic N) is 1. The van der Waals surface area contributed by atoms with Crippen molar-refractivity contribution in [1.29, 1.82) is 0 Å². The third-order valence-electron chi connectivity index (χ3n) is 5.89. The van der Waals surface area contributed by atoms with Crippen molar-refractivity contribution in [3.8, 4) is 0 Å². The van der Waals surface area contributed by atoms with E-state index in [1.807, 2.05) is 32.0 Å². The van der Waals surface area contributed by atoms with Crippen molar-refractivity contribution < 1.29 is 17.6 Å². The molecule has 5 nitrogen and oxygen atoms in total. The highest BCUT2D eigenvalue weighted by molar-refractivity contribution is 9.10. The molecule has 2 aromatic rings. The second-order valence-corrected chi connectivity index (χ2v) is 10.1. The Balaban J connectivity index is 1.72. The summed E-state index contributed by atoms with van der Waals surface area (Å²) in [5.41, 5.74) is 3.35. The van der Waals surface area contributed by atoms with Crippen LogP contribution in [-0.4, -0.2) is 20.9 Å². The summed E-state index contributed by atoms with van der Waals surface area (Å²) >= 11 is 3.47. The van der Waals surface area contributed by atoms with Crippen LogP contribution in [0.15, 0.2) is 39.7 Å². The van der Waals surface area contributed by atoms with E-state index in [1.165, 1.54) is 12.1 Å². The van der Waals surface area contributed by atoms with Gasteiger partial charge in [-0.3, -0.25) is 4.79 Å². The average molecular weight is 467 g/mol. The van der Waals surface area contributed by atoms with Crippen LogP contribution in [0.1, 0.15) is 42.4 Å². The zero-order valence-corrected chi connectivity index (χ0v) is 17.8. The number of anilines is 1. The molecule has 1 unspecified atom stereocenters. The molecule has 2 aliphatic rings. The molecule has 1 amide bonds. The van der Waals surface area contributed by atoms with E-state index in [2.05, 4.69) is 15.9 Å². The Kier molecular flexibility index (Phi) is 4.63. The molecule has 0 saturated carbocycles. The van der Waals surface area contributed by atoms with Crippen molar-refractivity contribution in [2.75, 3.05) is 11.4 Å². The van der Waals surface area contributed by atoms with Crippen molar-refractivity contribution in [2.45, 2.75) is 37.0 Å². The van der Waals surface area contributed by atoms with E-state index in [9.17, 15) is 17.6 Å². The zero-order valence-electron chi connectivity index (χ0n) is 15.4. The molecule has 3 atom stereocenters. The average Bonchev–Trinajstić information content (AvgIpc) is 3.10. The first kappa shape index (κ1) is 19.5. The Morgan fingerprint density at radius 2 is 1.93 bits per heavy atom. The van der Waals surface area contributed by atoms with Gasteiger partial charge >= 0.3 is 0 Å². The minimum Gasteiger partial charge on any atom is -0.311 e. The van der Waals surface area contributed by atoms with Crippen LogP contribution < -0.4 is 10.0 Å². The molecule has 0 radical (unpaired) electrons. The summed E-state index contributed by atoms with van der Waals surface area (Å²) in [6.07, 6.45) is 0.623. The van der Waals surface area contributed by atoms with E-state index in [-0.39, 0.29) is 23.7 Å². The number of primary sulfonamides is 1. The summed E-state index contributed by atoms with van der Waals surface area (Å²) in [5, 5.41) is 5.15. The molecular weight excluding hydrogens is 447 g/mol. The minimum atomic E-state index is -4.22. The van der Waals surface area contributed by atoms with Crippen molar-refractivity contribution >= 4 is 37.5 Å². The molecule has 1 aliphatic carbocycles. The number of rotatable bonds is 2. The van der Waals surface area contributed by atoms with Crippen LogP contribution in [0.3, 0.4) is 0 Å². The van der Waals surface area contributed by atoms with Crippen LogP contribution in [0.5, 0.6) is 0 Å². The third kappa shape index (κ3) is 3.07. The second kappa shape index (κ2) is 6.64. The Hall–Kier alpha value is -1.77. The highest BCUT2D eigenvalue weighted by Crippen LogP contribution is 2.44. The smallest absolute Gasteiger partial charge is 0.241 e. The van der Waals surface area contributed by atoms with Gasteiger partial charge in [-0.05, 0) is 53.3 Å². The Morgan fingerprint density at radius 1 is 1.21 bits per heavy atom. The normalized spacial score (nSPS) is 23.6. The van der Waals surface area contributed by atoms with Gasteiger partial charge in [0.1, 0.15) is 10.7 Å². The van der Waals surface area contributed by atoms with Gasteiger partial charge in [-0.15, -0.1) is 0 Å². The molecule has 148 valence electrons. The number of halogens is 2. The number of carbonyl (C=O) groups is 1. The Labute approximate surface area is 171 Å². The summed E-state index contributed by atoms with van der Waals surface area (Å²) in [7, 11) is -4.22. The standard InChI is InChI=1S/C20H20BrFN2O3S/c1-10-9-24(18-8-19(28(23,26)27)17(22)7-15(10)18)20(25)16-6-12-5-13(21)3-4-14(12)11(16)2/h3-5,7-8,10-11,16H,6,9H2,1-2H3,(H2,23,26,27)/t10?,11-,16-/m0/s1. The Bertz CT molecular complexity index is 1100. The number of amides is 1. The molecule has 2 aromatic carbocycles. The fraction of sp³-hybridized carbons (Fsp3) is 0.350. The largest absolute Gasteiger partial charge is 0.311 e. The molecule has 0 aromatic heterocycles. The lowest BCUT2D eigenvalue weighted by molar-refractivity contribution is -0.122. The van der Waals surface area contributed by atoms with Crippen LogP contribution in [0.2, 0.25) is 0 Å². The molecule has 1 heterocycles. The van der Waals surface area contributed by atoms with Crippen molar-refractivity contribution in [1.82, 2.24) is 0 Å². The highest BCUT2D eigenvalue weighted by atomic mass is 79.9. The number of hydrogen-bond donors (Lipinski definition) is 1. The van der Waals surface area contributed by atoms with E-state index in [4.69, 9.17) is 5.14 Å². The molecule has 0 bridgehead atoms. The lowest BCUT2D eigenvalue weighted by Gasteiger charge is -2.24. The first-order valence-corrected chi connectivity index (χ1v) is 11.4. The summed E-state index contributed by atoms with van der Waals surface area (Å²) in [6, 6.07) is 8.43. The lowest BCUT2D eigenvalue weighted by atomic mass is 9.93. The van der Waals surface area contributed by atoms with E-state index in [0.29, 0.717) is 24.2 Å². The molecule has 4 rings (SSSR count). The maximum absolute atomic E-state index is 14.3. The SMILES string of the molecule is CC1CN(C(=O)[C@H]2Cc3cc(Br)ccc3[C@@H]2C)c2cc(S(N)(=O)=O)c(F)cc21. The summed E-state index contributed by atoms with van der Waals surface area (Å²) in [5.74, 6) is -1.24. The van der Waals surface area contributed by atoms with Gasteiger partial charge in [0.15, 0.2) is 0 Å². The highest BCUT2D eigenvalue weighted by Gasteiger charge is 2.40. The number of hydrogen-bond acceptors (Lipinski definition) is 3. The van der Waals surface area contributed by atoms with Crippen molar-refractivity contribution in [2.24, 2.45) is 11.1 Å². The van der Waals surface area contributed by atoms with E-state index in [1.54, 1.807) is 4.90 Å². The number of sulfonamides is 1. The number of fused-ring (bicyclic) bond motifs is 2. The topological polar surface area (TPSA) is 80.5 Å². The lowest BCUT2D eigenvalue weighted by Crippen LogP contribution is -2.36. The van der Waals surface area contributed by atoms with Crippen LogP contribution >= 0.6 is 15.9 Å². The predicted octanol–water partition coefficient (Wildman–Crippen LogP) is 3.66. The fourth-order valence-electron chi connectivity index (χ4n) is 4.41. The second-order valence-electron chi connectivity index (χ2n) is 7.68. The van der Waals surface area contributed by atoms with Crippen LogP contribution in [0, 0.1) is 11.7 Å². The molecule has 0 saturated heterocycles. The van der Waals surface area contributed by atoms with Crippen LogP contribution in [0.25, 0.3) is 0 Å². The summed E-state index contributed by atoms with van der Waals surface area (Å²) < 4.78 is 38.7. The first-order valence-electron chi connectivity index (χ1n) is 9.04. The fourth-order valence-corrected chi connectivity index (χ4v) is 5.43. The van der Waals surface area contributed by atoms with Crippen molar-refractivity contribution in [3.05, 3.63) is 57.3 Å². The van der Waals surface area contributed by atoms with Gasteiger partial charge in [-0.2, -0.15) is 0 Å². The number of nitrogens with two attached hydrogens (primary N) is 1. The van der Waals surface area contributed by atoms with E-state index < -0.39 is 20.7 Å². The van der Waals surface area contributed by atoms with Gasteiger partial charge < -0.3 is 4.90 Å². The molecule has 2 N–H and O–H groups in total. The molecule has 0 fully saturated rings. The van der Waals surface area contributed by atoms with Gasteiger partial charge in [0.05, 0.1) is 0 Å². The summed E-state index contributed by atoms with van der Waals surface area (Å²) in [6.45, 7) is 4.32. The third-order valence-corrected chi connectivity index (χ3v) is 7.31. The van der Waals surface area contributed by atoms with Gasteiger partial charge in [0.2, 0.25) is 15.9 Å². The molecule has 8 heteroatoms. The van der Waals surface area contributed by atoms with E-state index >= 15 is 0 Å². The monoisotopic (exact) mass is 466 g/mol. The number of benzene rings is 2. The first-order chi connectivity index (χ1) is 13.1. The van der Waals surface area contributed by atoms with Gasteiger partial charge in [-0.25, -0.2) is 17.9 Å². The predicted molar refractivity (Wildman–Crippen MR) is 108 cm³/mol. The quantitative estimate of drug-likeness (QED) is 0.732. The maximum atomic E-state index is 14.3. The molecule has 28 heavy (non-hydrogen) atoms. The van der Waals surface area contributed by atoms with Crippen molar-refractivity contribution in [3.63, 3.8) is 0 Å². The van der Waals surface area contributed by atoms with Crippen LogP contribution in [-0.2, 0) is 21.2 Å². The number of carbonyl (C=O) groups excluding carboxylic acids is 1.